The number of carbonyl (C=O) groups excluding carboxylic acids is 3. The van der Waals surface area contributed by atoms with E-state index in [-0.39, 0.29) is 36.9 Å². The number of benzene rings is 2. The zero-order chi connectivity index (χ0) is 23.6. The van der Waals surface area contributed by atoms with Crippen molar-refractivity contribution in [2.24, 2.45) is 0 Å². The quantitative estimate of drug-likeness (QED) is 0.231. The van der Waals surface area contributed by atoms with Gasteiger partial charge in [-0.05, 0) is 23.8 Å². The molecule has 2 aromatic carbocycles. The van der Waals surface area contributed by atoms with Gasteiger partial charge in [0.25, 0.3) is 0 Å². The van der Waals surface area contributed by atoms with Crippen LogP contribution in [0, 0.1) is 0 Å². The van der Waals surface area contributed by atoms with Gasteiger partial charge in [-0.25, -0.2) is 14.4 Å². The van der Waals surface area contributed by atoms with E-state index in [0.717, 1.165) is 5.56 Å². The second-order valence-electron chi connectivity index (χ2n) is 5.98. The molecule has 0 aliphatic carbocycles. The third kappa shape index (κ3) is 10.0. The van der Waals surface area contributed by atoms with Gasteiger partial charge in [0.15, 0.2) is 0 Å². The maximum atomic E-state index is 11.7. The smallest absolute Gasteiger partial charge is 0.339 e. The minimum absolute atomic E-state index is 0.0921. The lowest BCUT2D eigenvalue weighted by atomic mass is 10.1. The molecule has 0 bridgehead atoms. The molecule has 6 nitrogen and oxygen atoms in total. The van der Waals surface area contributed by atoms with E-state index in [2.05, 4.69) is 19.7 Å². The number of hydrogen-bond acceptors (Lipinski definition) is 6. The average Bonchev–Trinajstić information content (AvgIpc) is 2.84. The fourth-order valence-corrected chi connectivity index (χ4v) is 2.18. The Hall–Kier alpha value is -4.19. The van der Waals surface area contributed by atoms with Gasteiger partial charge in [0.2, 0.25) is 0 Å². The van der Waals surface area contributed by atoms with Crippen molar-refractivity contribution < 1.29 is 28.6 Å². The second-order valence-corrected chi connectivity index (χ2v) is 5.98. The molecule has 0 spiro atoms. The summed E-state index contributed by atoms with van der Waals surface area (Å²) in [6.07, 6.45) is 7.56. The third-order valence-corrected chi connectivity index (χ3v) is 3.59. The van der Waals surface area contributed by atoms with Crippen LogP contribution < -0.4 is 0 Å². The van der Waals surface area contributed by atoms with Crippen molar-refractivity contribution in [1.82, 2.24) is 0 Å². The van der Waals surface area contributed by atoms with Gasteiger partial charge in [0, 0.05) is 6.08 Å². The predicted molar refractivity (Wildman–Crippen MR) is 124 cm³/mol. The first-order valence-electron chi connectivity index (χ1n) is 9.69. The highest BCUT2D eigenvalue weighted by molar-refractivity contribution is 6.03. The molecule has 0 N–H and O–H groups in total. The van der Waals surface area contributed by atoms with E-state index < -0.39 is 11.9 Å². The van der Waals surface area contributed by atoms with Crippen LogP contribution in [0.3, 0.4) is 0 Å². The monoisotopic (exact) mass is 434 g/mol. The lowest BCUT2D eigenvalue weighted by Gasteiger charge is -2.07. The fraction of sp³-hybridized carbons (Fsp3) is 0.115. The van der Waals surface area contributed by atoms with Gasteiger partial charge < -0.3 is 14.2 Å². The molecule has 0 saturated heterocycles. The first kappa shape index (κ1) is 25.8. The number of hydrogen-bond donors (Lipinski definition) is 0. The Morgan fingerprint density at radius 1 is 0.656 bits per heavy atom. The maximum absolute atomic E-state index is 11.7. The van der Waals surface area contributed by atoms with E-state index in [1.165, 1.54) is 36.4 Å². The molecule has 0 aliphatic rings. The summed E-state index contributed by atoms with van der Waals surface area (Å²) in [7, 11) is 0. The van der Waals surface area contributed by atoms with Crippen LogP contribution in [0.4, 0.5) is 0 Å². The van der Waals surface area contributed by atoms with E-state index in [0.29, 0.717) is 0 Å². The van der Waals surface area contributed by atoms with Gasteiger partial charge in [-0.2, -0.15) is 0 Å². The largest absolute Gasteiger partial charge is 0.458 e. The first-order chi connectivity index (χ1) is 15.5. The third-order valence-electron chi connectivity index (χ3n) is 3.59. The normalized spacial score (nSPS) is 9.62. The molecule has 6 heteroatoms. The Bertz CT molecular complexity index is 901. The van der Waals surface area contributed by atoms with Crippen LogP contribution in [0.2, 0.25) is 0 Å². The molecule has 0 amide bonds. The van der Waals surface area contributed by atoms with Crippen molar-refractivity contribution in [3.8, 4) is 0 Å². The molecule has 0 heterocycles. The number of esters is 3. The molecule has 166 valence electrons. The summed E-state index contributed by atoms with van der Waals surface area (Å²) in [5.74, 6) is -1.52. The van der Waals surface area contributed by atoms with Crippen LogP contribution in [0.15, 0.2) is 98.6 Å². The van der Waals surface area contributed by atoms with Crippen molar-refractivity contribution in [2.75, 3.05) is 19.8 Å². The molecule has 32 heavy (non-hydrogen) atoms. The highest BCUT2D eigenvalue weighted by Gasteiger charge is 2.18. The second kappa shape index (κ2) is 15.6. The van der Waals surface area contributed by atoms with Gasteiger partial charge in [-0.1, -0.05) is 80.4 Å². The van der Waals surface area contributed by atoms with Crippen molar-refractivity contribution in [3.63, 3.8) is 0 Å². The van der Waals surface area contributed by atoms with Crippen molar-refractivity contribution in [1.29, 1.82) is 0 Å². The van der Waals surface area contributed by atoms with E-state index in [9.17, 15) is 14.4 Å². The van der Waals surface area contributed by atoms with Crippen LogP contribution in [0.1, 0.15) is 26.3 Å². The van der Waals surface area contributed by atoms with E-state index in [4.69, 9.17) is 14.2 Å². The Morgan fingerprint density at radius 2 is 1.09 bits per heavy atom. The summed E-state index contributed by atoms with van der Waals surface area (Å²) in [5.41, 5.74) is 1.32. The highest BCUT2D eigenvalue weighted by Crippen LogP contribution is 2.12. The molecular weight excluding hydrogens is 408 g/mol. The molecule has 0 aliphatic heterocycles. The SMILES string of the molecule is C=CCOC(=O)C=Cc1ccccc1.C=CCOC(=O)c1ccccc1C(=O)OCC=C. The molecule has 0 saturated carbocycles. The zero-order valence-corrected chi connectivity index (χ0v) is 17.8. The van der Waals surface area contributed by atoms with E-state index >= 15 is 0 Å². The molecule has 2 rings (SSSR count). The summed E-state index contributed by atoms with van der Waals surface area (Å²) in [5, 5.41) is 0. The van der Waals surface area contributed by atoms with Crippen LogP contribution in [-0.4, -0.2) is 37.7 Å². The van der Waals surface area contributed by atoms with Crippen LogP contribution >= 0.6 is 0 Å². The van der Waals surface area contributed by atoms with Crippen LogP contribution in [-0.2, 0) is 19.0 Å². The summed E-state index contributed by atoms with van der Waals surface area (Å²) in [6.45, 7) is 10.8. The lowest BCUT2D eigenvalue weighted by Crippen LogP contribution is -2.14. The zero-order valence-electron chi connectivity index (χ0n) is 17.8. The van der Waals surface area contributed by atoms with Gasteiger partial charge >= 0.3 is 17.9 Å². The van der Waals surface area contributed by atoms with Crippen LogP contribution in [0.25, 0.3) is 6.08 Å². The molecule has 0 unspecified atom stereocenters. The Labute approximate surface area is 188 Å². The molecular formula is C26H26O6. The summed E-state index contributed by atoms with van der Waals surface area (Å²) in [4.78, 5) is 34.4. The number of rotatable bonds is 10. The molecule has 0 atom stereocenters. The van der Waals surface area contributed by atoms with Gasteiger partial charge in [0.1, 0.15) is 19.8 Å². The van der Waals surface area contributed by atoms with Crippen molar-refractivity contribution in [2.45, 2.75) is 0 Å². The van der Waals surface area contributed by atoms with Gasteiger partial charge in [-0.3, -0.25) is 0 Å². The molecule has 0 fully saturated rings. The predicted octanol–water partition coefficient (Wildman–Crippen LogP) is 4.80. The number of ether oxygens (including phenoxy) is 3. The minimum Gasteiger partial charge on any atom is -0.458 e. The van der Waals surface area contributed by atoms with Crippen molar-refractivity contribution >= 4 is 24.0 Å². The van der Waals surface area contributed by atoms with E-state index in [1.54, 1.807) is 18.2 Å². The summed E-state index contributed by atoms with van der Waals surface area (Å²) >= 11 is 0. The minimum atomic E-state index is -0.582. The highest BCUT2D eigenvalue weighted by atomic mass is 16.5. The standard InChI is InChI=1S/C14H14O4.C12H12O2/c1-3-9-17-13(15)11-7-5-6-8-12(11)14(16)18-10-4-2;1-2-10-14-12(13)9-8-11-6-4-3-5-7-11/h3-8H,1-2,9-10H2;2-9H,1,10H2. The Balaban J connectivity index is 0.000000330. The first-order valence-corrected chi connectivity index (χ1v) is 9.69. The Kier molecular flexibility index (Phi) is 12.6. The summed E-state index contributed by atoms with van der Waals surface area (Å²) < 4.78 is 14.5. The van der Waals surface area contributed by atoms with Gasteiger partial charge in [0.05, 0.1) is 11.1 Å². The fourth-order valence-electron chi connectivity index (χ4n) is 2.18. The topological polar surface area (TPSA) is 78.9 Å². The molecule has 2 aromatic rings. The average molecular weight is 434 g/mol. The van der Waals surface area contributed by atoms with Crippen LogP contribution in [0.5, 0.6) is 0 Å². The van der Waals surface area contributed by atoms with Crippen molar-refractivity contribution in [3.05, 3.63) is 115 Å². The van der Waals surface area contributed by atoms with E-state index in [1.807, 2.05) is 30.3 Å². The summed E-state index contributed by atoms with van der Waals surface area (Å²) in [6, 6.07) is 15.9. The lowest BCUT2D eigenvalue weighted by molar-refractivity contribution is -0.136. The number of carbonyl (C=O) groups is 3. The molecule has 0 aromatic heterocycles. The Morgan fingerprint density at radius 3 is 1.56 bits per heavy atom. The van der Waals surface area contributed by atoms with Gasteiger partial charge in [-0.15, -0.1) is 0 Å². The molecule has 0 radical (unpaired) electrons. The maximum Gasteiger partial charge on any atom is 0.339 e.